The van der Waals surface area contributed by atoms with E-state index in [9.17, 15) is 9.59 Å². The van der Waals surface area contributed by atoms with E-state index in [-0.39, 0.29) is 24.2 Å². The molecule has 3 rings (SSSR count). The summed E-state index contributed by atoms with van der Waals surface area (Å²) in [6, 6.07) is 7.27. The fraction of sp³-hybridized carbons (Fsp3) is 0.412. The number of hydrogen-bond acceptors (Lipinski definition) is 3. The Labute approximate surface area is 142 Å². The third kappa shape index (κ3) is 4.33. The molecule has 1 aromatic carbocycles. The fourth-order valence-electron chi connectivity index (χ4n) is 2.84. The van der Waals surface area contributed by atoms with Crippen molar-refractivity contribution in [2.75, 3.05) is 31.1 Å². The minimum atomic E-state index is -0.0706. The lowest BCUT2D eigenvalue weighted by Gasteiger charge is -2.16. The highest BCUT2D eigenvalue weighted by Crippen LogP contribution is 2.21. The number of rotatable bonds is 4. The van der Waals surface area contributed by atoms with Crippen molar-refractivity contribution in [2.24, 2.45) is 0 Å². The number of nitrogens with one attached hydrogen (secondary N) is 2. The van der Waals surface area contributed by atoms with Crippen LogP contribution in [0.15, 0.2) is 35.9 Å². The van der Waals surface area contributed by atoms with E-state index in [1.54, 1.807) is 17.0 Å². The molecule has 1 saturated heterocycles. The first-order chi connectivity index (χ1) is 10.7. The summed E-state index contributed by atoms with van der Waals surface area (Å²) in [4.78, 5) is 25.6. The van der Waals surface area contributed by atoms with Crippen LogP contribution in [-0.2, 0) is 4.79 Å². The Kier molecular flexibility index (Phi) is 6.19. The molecule has 2 heterocycles. The summed E-state index contributed by atoms with van der Waals surface area (Å²) < 4.78 is 0. The summed E-state index contributed by atoms with van der Waals surface area (Å²) >= 11 is 0. The predicted octanol–water partition coefficient (Wildman–Crippen LogP) is 1.88. The Balaban J connectivity index is 0.00000192. The molecule has 0 spiro atoms. The molecule has 2 aliphatic heterocycles. The smallest absolute Gasteiger partial charge is 0.251 e. The van der Waals surface area contributed by atoms with Gasteiger partial charge in [-0.15, -0.1) is 12.4 Å². The molecule has 0 saturated carbocycles. The Morgan fingerprint density at radius 2 is 2.00 bits per heavy atom. The number of anilines is 1. The van der Waals surface area contributed by atoms with Gasteiger partial charge in [-0.3, -0.25) is 9.59 Å². The van der Waals surface area contributed by atoms with E-state index < -0.39 is 0 Å². The van der Waals surface area contributed by atoms with Gasteiger partial charge in [0, 0.05) is 37.3 Å². The Morgan fingerprint density at radius 1 is 1.22 bits per heavy atom. The van der Waals surface area contributed by atoms with Gasteiger partial charge in [-0.2, -0.15) is 0 Å². The quantitative estimate of drug-likeness (QED) is 0.826. The number of nitrogens with zero attached hydrogens (tertiary/aromatic N) is 1. The summed E-state index contributed by atoms with van der Waals surface area (Å²) in [6.07, 6.45) is 4.64. The molecule has 2 aliphatic rings. The van der Waals surface area contributed by atoms with Crippen LogP contribution in [0.4, 0.5) is 5.69 Å². The zero-order valence-corrected chi connectivity index (χ0v) is 13.8. The second-order valence-electron chi connectivity index (χ2n) is 5.69. The van der Waals surface area contributed by atoms with Crippen molar-refractivity contribution in [3.05, 3.63) is 41.5 Å². The highest BCUT2D eigenvalue weighted by molar-refractivity contribution is 5.97. The number of benzene rings is 1. The normalized spacial score (nSPS) is 17.5. The van der Waals surface area contributed by atoms with E-state index in [0.29, 0.717) is 18.5 Å². The van der Waals surface area contributed by atoms with Gasteiger partial charge >= 0.3 is 0 Å². The van der Waals surface area contributed by atoms with Crippen molar-refractivity contribution in [3.63, 3.8) is 0 Å². The molecular weight excluding hydrogens is 314 g/mol. The standard InChI is InChI=1S/C17H21N3O2.ClH/c21-16-2-1-11-20(16)15-5-3-14(4-6-15)17(22)19-12-13-7-9-18-10-8-13;/h3-7,18H,1-2,8-12H2,(H,19,22);1H. The molecule has 1 fully saturated rings. The van der Waals surface area contributed by atoms with Crippen molar-refractivity contribution in [1.29, 1.82) is 0 Å². The van der Waals surface area contributed by atoms with Gasteiger partial charge in [0.1, 0.15) is 0 Å². The predicted molar refractivity (Wildman–Crippen MR) is 93.2 cm³/mol. The van der Waals surface area contributed by atoms with Crippen molar-refractivity contribution in [2.45, 2.75) is 19.3 Å². The largest absolute Gasteiger partial charge is 0.348 e. The molecule has 0 radical (unpaired) electrons. The van der Waals surface area contributed by atoms with Gasteiger partial charge in [0.15, 0.2) is 0 Å². The average molecular weight is 336 g/mol. The molecule has 1 aromatic rings. The first-order valence-corrected chi connectivity index (χ1v) is 7.81. The van der Waals surface area contributed by atoms with Gasteiger partial charge in [-0.25, -0.2) is 0 Å². The number of halogens is 1. The summed E-state index contributed by atoms with van der Waals surface area (Å²) in [5.74, 6) is 0.0915. The second-order valence-corrected chi connectivity index (χ2v) is 5.69. The summed E-state index contributed by atoms with van der Waals surface area (Å²) in [5, 5.41) is 6.20. The molecule has 0 bridgehead atoms. The molecule has 0 unspecified atom stereocenters. The lowest BCUT2D eigenvalue weighted by atomic mass is 10.1. The van der Waals surface area contributed by atoms with Crippen LogP contribution in [-0.4, -0.2) is 38.0 Å². The van der Waals surface area contributed by atoms with E-state index in [4.69, 9.17) is 0 Å². The Morgan fingerprint density at radius 3 is 2.61 bits per heavy atom. The number of hydrogen-bond donors (Lipinski definition) is 2. The highest BCUT2D eigenvalue weighted by atomic mass is 35.5. The van der Waals surface area contributed by atoms with E-state index in [1.807, 2.05) is 12.1 Å². The molecule has 0 atom stereocenters. The van der Waals surface area contributed by atoms with Crippen LogP contribution in [0, 0.1) is 0 Å². The van der Waals surface area contributed by atoms with Gasteiger partial charge in [-0.05, 0) is 43.7 Å². The first-order valence-electron chi connectivity index (χ1n) is 7.81. The molecular formula is C17H22ClN3O2. The van der Waals surface area contributed by atoms with Crippen LogP contribution in [0.3, 0.4) is 0 Å². The third-order valence-electron chi connectivity index (χ3n) is 4.15. The van der Waals surface area contributed by atoms with Crippen molar-refractivity contribution in [1.82, 2.24) is 10.6 Å². The molecule has 5 nitrogen and oxygen atoms in total. The van der Waals surface area contributed by atoms with E-state index in [2.05, 4.69) is 16.7 Å². The number of carbonyl (C=O) groups excluding carboxylic acids is 2. The maximum absolute atomic E-state index is 12.1. The van der Waals surface area contributed by atoms with Crippen molar-refractivity contribution < 1.29 is 9.59 Å². The van der Waals surface area contributed by atoms with Crippen LogP contribution in [0.5, 0.6) is 0 Å². The van der Waals surface area contributed by atoms with Gasteiger partial charge in [0.05, 0.1) is 0 Å². The van der Waals surface area contributed by atoms with Gasteiger partial charge in [-0.1, -0.05) is 11.6 Å². The Bertz CT molecular complexity index is 598. The van der Waals surface area contributed by atoms with Crippen LogP contribution in [0.1, 0.15) is 29.6 Å². The summed E-state index contributed by atoms with van der Waals surface area (Å²) in [5.41, 5.74) is 2.77. The second kappa shape index (κ2) is 8.13. The van der Waals surface area contributed by atoms with Crippen LogP contribution < -0.4 is 15.5 Å². The average Bonchev–Trinajstić information content (AvgIpc) is 3.00. The molecule has 0 aromatic heterocycles. The zero-order chi connectivity index (χ0) is 15.4. The third-order valence-corrected chi connectivity index (χ3v) is 4.15. The van der Waals surface area contributed by atoms with Gasteiger partial charge in [0.2, 0.25) is 5.91 Å². The van der Waals surface area contributed by atoms with E-state index in [1.165, 1.54) is 5.57 Å². The van der Waals surface area contributed by atoms with E-state index in [0.717, 1.165) is 38.2 Å². The summed E-state index contributed by atoms with van der Waals surface area (Å²) in [7, 11) is 0. The SMILES string of the molecule is Cl.O=C(NCC1=CCNCC1)c1ccc(N2CCCC2=O)cc1. The molecule has 124 valence electrons. The monoisotopic (exact) mass is 335 g/mol. The minimum absolute atomic E-state index is 0. The molecule has 6 heteroatoms. The minimum Gasteiger partial charge on any atom is -0.348 e. The lowest BCUT2D eigenvalue weighted by molar-refractivity contribution is -0.117. The maximum Gasteiger partial charge on any atom is 0.251 e. The summed E-state index contributed by atoms with van der Waals surface area (Å²) in [6.45, 7) is 3.23. The topological polar surface area (TPSA) is 61.4 Å². The molecule has 23 heavy (non-hydrogen) atoms. The van der Waals surface area contributed by atoms with Crippen LogP contribution in [0.25, 0.3) is 0 Å². The van der Waals surface area contributed by atoms with Gasteiger partial charge in [0.25, 0.3) is 5.91 Å². The van der Waals surface area contributed by atoms with E-state index >= 15 is 0 Å². The lowest BCUT2D eigenvalue weighted by Crippen LogP contribution is -2.29. The van der Waals surface area contributed by atoms with Crippen LogP contribution in [0.2, 0.25) is 0 Å². The van der Waals surface area contributed by atoms with Crippen molar-refractivity contribution in [3.8, 4) is 0 Å². The maximum atomic E-state index is 12.1. The number of amides is 2. The fourth-order valence-corrected chi connectivity index (χ4v) is 2.84. The first kappa shape index (κ1) is 17.5. The highest BCUT2D eigenvalue weighted by Gasteiger charge is 2.21. The van der Waals surface area contributed by atoms with Crippen LogP contribution >= 0.6 is 12.4 Å². The molecule has 2 amide bonds. The van der Waals surface area contributed by atoms with Gasteiger partial charge < -0.3 is 15.5 Å². The number of carbonyl (C=O) groups is 2. The Hall–Kier alpha value is -1.85. The molecule has 0 aliphatic carbocycles. The molecule has 2 N–H and O–H groups in total. The van der Waals surface area contributed by atoms with Crippen molar-refractivity contribution >= 4 is 29.9 Å². The zero-order valence-electron chi connectivity index (χ0n) is 13.0.